The average molecular weight is 203 g/mol. The van der Waals surface area contributed by atoms with E-state index in [-0.39, 0.29) is 6.04 Å². The van der Waals surface area contributed by atoms with Gasteiger partial charge in [-0.2, -0.15) is 0 Å². The van der Waals surface area contributed by atoms with Crippen LogP contribution in [-0.4, -0.2) is 7.11 Å². The highest BCUT2D eigenvalue weighted by molar-refractivity contribution is 5.33. The van der Waals surface area contributed by atoms with Crippen LogP contribution in [-0.2, 0) is 0 Å². The number of benzene rings is 1. The second-order valence-corrected chi connectivity index (χ2v) is 3.27. The summed E-state index contributed by atoms with van der Waals surface area (Å²) in [7, 11) is 1.64. The predicted octanol–water partition coefficient (Wildman–Crippen LogP) is 2.34. The van der Waals surface area contributed by atoms with E-state index in [2.05, 4.69) is 0 Å². The van der Waals surface area contributed by atoms with E-state index in [1.165, 1.54) is 0 Å². The van der Waals surface area contributed by atoms with Crippen molar-refractivity contribution < 1.29 is 9.15 Å². The minimum absolute atomic E-state index is 0.241. The van der Waals surface area contributed by atoms with Gasteiger partial charge in [0.05, 0.1) is 19.4 Å². The number of hydrogen-bond acceptors (Lipinski definition) is 3. The van der Waals surface area contributed by atoms with Crippen LogP contribution >= 0.6 is 0 Å². The summed E-state index contributed by atoms with van der Waals surface area (Å²) in [6.07, 6.45) is 1.62. The lowest BCUT2D eigenvalue weighted by Crippen LogP contribution is -2.10. The Labute approximate surface area is 88.5 Å². The van der Waals surface area contributed by atoms with Gasteiger partial charge in [-0.1, -0.05) is 12.1 Å². The van der Waals surface area contributed by atoms with Crippen LogP contribution in [0.15, 0.2) is 47.1 Å². The Balaban J connectivity index is 2.29. The summed E-state index contributed by atoms with van der Waals surface area (Å²) in [4.78, 5) is 0. The fourth-order valence-electron chi connectivity index (χ4n) is 1.47. The summed E-state index contributed by atoms with van der Waals surface area (Å²) in [5, 5.41) is 0. The first kappa shape index (κ1) is 9.80. The zero-order valence-electron chi connectivity index (χ0n) is 8.51. The molecule has 3 nitrogen and oxygen atoms in total. The number of ether oxygens (including phenoxy) is 1. The van der Waals surface area contributed by atoms with E-state index >= 15 is 0 Å². The molecule has 2 aromatic rings. The molecule has 2 N–H and O–H groups in total. The molecule has 1 heterocycles. The molecule has 15 heavy (non-hydrogen) atoms. The molecule has 0 fully saturated rings. The number of furan rings is 1. The second kappa shape index (κ2) is 4.19. The molecule has 0 aliphatic heterocycles. The average Bonchev–Trinajstić information content (AvgIpc) is 2.81. The maximum absolute atomic E-state index is 6.04. The molecule has 0 aliphatic carbocycles. The van der Waals surface area contributed by atoms with Crippen molar-refractivity contribution in [3.8, 4) is 5.75 Å². The van der Waals surface area contributed by atoms with Gasteiger partial charge < -0.3 is 14.9 Å². The SMILES string of the molecule is COc1cccc(C(N)c2ccco2)c1. The first-order valence-electron chi connectivity index (χ1n) is 4.74. The lowest BCUT2D eigenvalue weighted by Gasteiger charge is -2.10. The van der Waals surface area contributed by atoms with Crippen molar-refractivity contribution in [1.29, 1.82) is 0 Å². The molecule has 0 spiro atoms. The first-order chi connectivity index (χ1) is 7.31. The Kier molecular flexibility index (Phi) is 2.74. The van der Waals surface area contributed by atoms with Crippen LogP contribution in [0.1, 0.15) is 17.4 Å². The molecule has 1 atom stereocenters. The van der Waals surface area contributed by atoms with Crippen molar-refractivity contribution in [2.45, 2.75) is 6.04 Å². The van der Waals surface area contributed by atoms with Crippen LogP contribution in [0, 0.1) is 0 Å². The van der Waals surface area contributed by atoms with E-state index in [1.807, 2.05) is 36.4 Å². The van der Waals surface area contributed by atoms with Crippen LogP contribution in [0.2, 0.25) is 0 Å². The summed E-state index contributed by atoms with van der Waals surface area (Å²) >= 11 is 0. The standard InChI is InChI=1S/C12H13NO2/c1-14-10-5-2-4-9(8-10)12(13)11-6-3-7-15-11/h2-8,12H,13H2,1H3. The van der Waals surface area contributed by atoms with Gasteiger partial charge in [0.25, 0.3) is 0 Å². The fourth-order valence-corrected chi connectivity index (χ4v) is 1.47. The highest BCUT2D eigenvalue weighted by atomic mass is 16.5. The van der Waals surface area contributed by atoms with Gasteiger partial charge in [0, 0.05) is 0 Å². The van der Waals surface area contributed by atoms with Crippen molar-refractivity contribution >= 4 is 0 Å². The molecule has 1 unspecified atom stereocenters. The summed E-state index contributed by atoms with van der Waals surface area (Å²) < 4.78 is 10.4. The van der Waals surface area contributed by atoms with E-state index in [0.717, 1.165) is 17.1 Å². The number of hydrogen-bond donors (Lipinski definition) is 1. The van der Waals surface area contributed by atoms with Gasteiger partial charge in [-0.3, -0.25) is 0 Å². The van der Waals surface area contributed by atoms with Gasteiger partial charge in [0.1, 0.15) is 11.5 Å². The number of nitrogens with two attached hydrogens (primary N) is 1. The second-order valence-electron chi connectivity index (χ2n) is 3.27. The monoisotopic (exact) mass is 203 g/mol. The smallest absolute Gasteiger partial charge is 0.124 e. The third-order valence-corrected chi connectivity index (χ3v) is 2.30. The molecule has 0 saturated carbocycles. The van der Waals surface area contributed by atoms with Gasteiger partial charge in [-0.25, -0.2) is 0 Å². The van der Waals surface area contributed by atoms with Crippen molar-refractivity contribution in [2.75, 3.05) is 7.11 Å². The highest BCUT2D eigenvalue weighted by Crippen LogP contribution is 2.23. The molecule has 0 aliphatic rings. The fraction of sp³-hybridized carbons (Fsp3) is 0.167. The van der Waals surface area contributed by atoms with Crippen molar-refractivity contribution in [3.05, 3.63) is 54.0 Å². The maximum atomic E-state index is 6.04. The summed E-state index contributed by atoms with van der Waals surface area (Å²) in [6, 6.07) is 11.1. The van der Waals surface area contributed by atoms with Crippen molar-refractivity contribution in [3.63, 3.8) is 0 Å². The van der Waals surface area contributed by atoms with E-state index in [4.69, 9.17) is 14.9 Å². The molecule has 78 valence electrons. The Hall–Kier alpha value is -1.74. The van der Waals surface area contributed by atoms with Crippen molar-refractivity contribution in [1.82, 2.24) is 0 Å². The van der Waals surface area contributed by atoms with Crippen LogP contribution in [0.3, 0.4) is 0 Å². The zero-order chi connectivity index (χ0) is 10.7. The molecule has 0 amide bonds. The minimum Gasteiger partial charge on any atom is -0.497 e. The molecular formula is C12H13NO2. The maximum Gasteiger partial charge on any atom is 0.124 e. The molecule has 2 rings (SSSR count). The third kappa shape index (κ3) is 2.02. The Morgan fingerprint density at radius 2 is 2.13 bits per heavy atom. The van der Waals surface area contributed by atoms with E-state index < -0.39 is 0 Å². The molecule has 3 heteroatoms. The van der Waals surface area contributed by atoms with Crippen LogP contribution in [0.25, 0.3) is 0 Å². The van der Waals surface area contributed by atoms with Crippen LogP contribution < -0.4 is 10.5 Å². The quantitative estimate of drug-likeness (QED) is 0.832. The summed E-state index contributed by atoms with van der Waals surface area (Å²) in [5.74, 6) is 1.55. The van der Waals surface area contributed by atoms with Gasteiger partial charge in [-0.15, -0.1) is 0 Å². The molecular weight excluding hydrogens is 190 g/mol. The number of rotatable bonds is 3. The lowest BCUT2D eigenvalue weighted by molar-refractivity contribution is 0.413. The molecule has 0 bridgehead atoms. The zero-order valence-corrected chi connectivity index (χ0v) is 8.51. The Morgan fingerprint density at radius 1 is 1.27 bits per heavy atom. The number of methoxy groups -OCH3 is 1. The van der Waals surface area contributed by atoms with Crippen LogP contribution in [0.4, 0.5) is 0 Å². The van der Waals surface area contributed by atoms with Gasteiger partial charge in [0.15, 0.2) is 0 Å². The molecule has 1 aromatic carbocycles. The minimum atomic E-state index is -0.241. The topological polar surface area (TPSA) is 48.4 Å². The van der Waals surface area contributed by atoms with Crippen molar-refractivity contribution in [2.24, 2.45) is 5.73 Å². The predicted molar refractivity (Wildman–Crippen MR) is 57.7 cm³/mol. The lowest BCUT2D eigenvalue weighted by atomic mass is 10.1. The highest BCUT2D eigenvalue weighted by Gasteiger charge is 2.11. The molecule has 1 aromatic heterocycles. The largest absolute Gasteiger partial charge is 0.497 e. The summed E-state index contributed by atoms with van der Waals surface area (Å²) in [6.45, 7) is 0. The molecule has 0 saturated heterocycles. The Bertz CT molecular complexity index is 423. The van der Waals surface area contributed by atoms with E-state index in [9.17, 15) is 0 Å². The van der Waals surface area contributed by atoms with Gasteiger partial charge in [0.2, 0.25) is 0 Å². The van der Waals surface area contributed by atoms with E-state index in [0.29, 0.717) is 0 Å². The van der Waals surface area contributed by atoms with Crippen LogP contribution in [0.5, 0.6) is 5.75 Å². The third-order valence-electron chi connectivity index (χ3n) is 2.30. The molecule has 0 radical (unpaired) electrons. The first-order valence-corrected chi connectivity index (χ1v) is 4.74. The Morgan fingerprint density at radius 3 is 2.80 bits per heavy atom. The van der Waals surface area contributed by atoms with Gasteiger partial charge >= 0.3 is 0 Å². The summed E-state index contributed by atoms with van der Waals surface area (Å²) in [5.41, 5.74) is 7.01. The van der Waals surface area contributed by atoms with Gasteiger partial charge in [-0.05, 0) is 29.8 Å². The normalized spacial score (nSPS) is 12.4. The van der Waals surface area contributed by atoms with E-state index in [1.54, 1.807) is 13.4 Å².